The van der Waals surface area contributed by atoms with E-state index in [0.29, 0.717) is 49.4 Å². The highest BCUT2D eigenvalue weighted by atomic mass is 35.5. The fourth-order valence-electron chi connectivity index (χ4n) is 3.63. The molecule has 0 bridgehead atoms. The van der Waals surface area contributed by atoms with E-state index in [9.17, 15) is 0 Å². The number of methoxy groups -OCH3 is 2. The predicted octanol–water partition coefficient (Wildman–Crippen LogP) is 6.29. The lowest BCUT2D eigenvalue weighted by atomic mass is 10.1. The van der Waals surface area contributed by atoms with Crippen LogP contribution in [0.25, 0.3) is 33.2 Å². The first-order valence-corrected chi connectivity index (χ1v) is 11.0. The van der Waals surface area contributed by atoms with E-state index < -0.39 is 0 Å². The first kappa shape index (κ1) is 22.0. The van der Waals surface area contributed by atoms with E-state index in [1.54, 1.807) is 38.5 Å². The third kappa shape index (κ3) is 4.11. The van der Waals surface area contributed by atoms with Crippen molar-refractivity contribution in [2.24, 2.45) is 5.10 Å². The van der Waals surface area contributed by atoms with E-state index in [-0.39, 0.29) is 0 Å². The van der Waals surface area contributed by atoms with Crippen molar-refractivity contribution in [2.75, 3.05) is 19.6 Å². The van der Waals surface area contributed by atoms with Gasteiger partial charge >= 0.3 is 0 Å². The van der Waals surface area contributed by atoms with Gasteiger partial charge in [-0.3, -0.25) is 5.43 Å². The second-order valence-electron chi connectivity index (χ2n) is 7.29. The molecule has 2 heterocycles. The number of nitrogens with one attached hydrogen (secondary N) is 1. The zero-order valence-electron chi connectivity index (χ0n) is 18.2. The number of hydrogen-bond acceptors (Lipinski definition) is 7. The maximum absolute atomic E-state index is 6.49. The van der Waals surface area contributed by atoms with Crippen molar-refractivity contribution in [3.8, 4) is 22.8 Å². The summed E-state index contributed by atoms with van der Waals surface area (Å²) in [6.07, 6.45) is 1.49. The fraction of sp³-hybridized carbons (Fsp3) is 0.0800. The zero-order chi connectivity index (χ0) is 23.7. The summed E-state index contributed by atoms with van der Waals surface area (Å²) in [7, 11) is 3.16. The molecule has 5 aromatic rings. The van der Waals surface area contributed by atoms with Crippen molar-refractivity contribution < 1.29 is 13.9 Å². The van der Waals surface area contributed by atoms with Crippen LogP contribution in [0.2, 0.25) is 10.0 Å². The smallest absolute Gasteiger partial charge is 0.161 e. The average molecular weight is 493 g/mol. The molecule has 0 radical (unpaired) electrons. The molecule has 0 unspecified atom stereocenters. The Hall–Kier alpha value is -3.81. The topological polar surface area (TPSA) is 81.8 Å². The summed E-state index contributed by atoms with van der Waals surface area (Å²) in [4.78, 5) is 8.63. The maximum Gasteiger partial charge on any atom is 0.161 e. The summed E-state index contributed by atoms with van der Waals surface area (Å²) in [6.45, 7) is 0. The Labute approximate surface area is 204 Å². The van der Waals surface area contributed by atoms with Crippen LogP contribution < -0.4 is 20.3 Å². The van der Waals surface area contributed by atoms with Gasteiger partial charge in [0.2, 0.25) is 0 Å². The Morgan fingerprint density at radius 3 is 2.53 bits per heavy atom. The summed E-state index contributed by atoms with van der Waals surface area (Å²) in [5.74, 6) is 2.28. The van der Waals surface area contributed by atoms with Gasteiger partial charge in [0.25, 0.3) is 0 Å². The molecule has 0 atom stereocenters. The standard InChI is InChI=1S/C25H18Cl2N4O3/c1-32-21-8-7-14(9-23(21)33-2)22-12-20(17-10-15(26)11-18(27)24(17)34-22)30-31-25-16-5-3-4-6-19(16)28-13-29-25/h3-13H,1-2H3,(H,28,29,31). The van der Waals surface area contributed by atoms with E-state index >= 15 is 0 Å². The van der Waals surface area contributed by atoms with Crippen LogP contribution in [-0.2, 0) is 0 Å². The fourth-order valence-corrected chi connectivity index (χ4v) is 4.16. The third-order valence-corrected chi connectivity index (χ3v) is 5.76. The molecule has 9 heteroatoms. The van der Waals surface area contributed by atoms with Gasteiger partial charge in [-0.25, -0.2) is 9.97 Å². The Balaban J connectivity index is 1.70. The van der Waals surface area contributed by atoms with Crippen LogP contribution in [0.5, 0.6) is 11.5 Å². The second kappa shape index (κ2) is 9.21. The Bertz CT molecular complexity index is 1600. The number of fused-ring (bicyclic) bond motifs is 2. The third-order valence-electron chi connectivity index (χ3n) is 5.26. The van der Waals surface area contributed by atoms with Gasteiger partial charge in [0, 0.05) is 27.4 Å². The molecule has 0 fully saturated rings. The van der Waals surface area contributed by atoms with Crippen molar-refractivity contribution >= 4 is 50.9 Å². The Morgan fingerprint density at radius 1 is 0.882 bits per heavy atom. The lowest BCUT2D eigenvalue weighted by molar-refractivity contribution is 0.355. The molecule has 0 aliphatic rings. The molecule has 0 saturated heterocycles. The molecule has 34 heavy (non-hydrogen) atoms. The molecule has 3 aromatic carbocycles. The normalized spacial score (nSPS) is 11.7. The summed E-state index contributed by atoms with van der Waals surface area (Å²) < 4.78 is 17.0. The van der Waals surface area contributed by atoms with Crippen LogP contribution in [0.1, 0.15) is 0 Å². The van der Waals surface area contributed by atoms with Gasteiger partial charge in [0.15, 0.2) is 22.9 Å². The molecule has 0 saturated carbocycles. The molecule has 0 spiro atoms. The summed E-state index contributed by atoms with van der Waals surface area (Å²) in [5, 5.41) is 7.52. The largest absolute Gasteiger partial charge is 0.493 e. The quantitative estimate of drug-likeness (QED) is 0.290. The van der Waals surface area contributed by atoms with Crippen LogP contribution in [0, 0.1) is 0 Å². The monoisotopic (exact) mass is 492 g/mol. The Morgan fingerprint density at radius 2 is 1.71 bits per heavy atom. The maximum atomic E-state index is 6.49. The second-order valence-corrected chi connectivity index (χ2v) is 8.14. The van der Waals surface area contributed by atoms with E-state index in [1.165, 1.54) is 6.33 Å². The van der Waals surface area contributed by atoms with E-state index in [0.717, 1.165) is 16.5 Å². The van der Waals surface area contributed by atoms with Gasteiger partial charge in [-0.15, -0.1) is 0 Å². The molecular formula is C25H18Cl2N4O3. The molecule has 1 N–H and O–H groups in total. The number of aromatic nitrogens is 2. The van der Waals surface area contributed by atoms with Gasteiger partial charge in [0.05, 0.1) is 30.1 Å². The number of para-hydroxylation sites is 1. The van der Waals surface area contributed by atoms with Crippen molar-refractivity contribution in [2.45, 2.75) is 0 Å². The van der Waals surface area contributed by atoms with Crippen LogP contribution >= 0.6 is 23.2 Å². The molecular weight excluding hydrogens is 475 g/mol. The summed E-state index contributed by atoms with van der Waals surface area (Å²) in [5.41, 5.74) is 5.07. The van der Waals surface area contributed by atoms with Crippen LogP contribution in [0.4, 0.5) is 5.82 Å². The molecule has 170 valence electrons. The molecule has 2 aromatic heterocycles. The van der Waals surface area contributed by atoms with E-state index in [4.69, 9.17) is 37.1 Å². The van der Waals surface area contributed by atoms with Gasteiger partial charge in [-0.1, -0.05) is 35.3 Å². The van der Waals surface area contributed by atoms with Crippen LogP contribution in [-0.4, -0.2) is 24.2 Å². The van der Waals surface area contributed by atoms with Crippen molar-refractivity contribution in [3.05, 3.63) is 82.4 Å². The highest BCUT2D eigenvalue weighted by Crippen LogP contribution is 2.34. The SMILES string of the molecule is COc1ccc(-c2cc(=NNc3ncnc4ccccc34)c3cc(Cl)cc(Cl)c3o2)cc1OC. The lowest BCUT2D eigenvalue weighted by Gasteiger charge is -2.11. The van der Waals surface area contributed by atoms with E-state index in [1.807, 2.05) is 36.4 Å². The van der Waals surface area contributed by atoms with Crippen LogP contribution in [0.3, 0.4) is 0 Å². The molecule has 0 aliphatic carbocycles. The van der Waals surface area contributed by atoms with Crippen molar-refractivity contribution in [1.82, 2.24) is 9.97 Å². The first-order valence-electron chi connectivity index (χ1n) is 10.2. The number of rotatable bonds is 5. The molecule has 7 nitrogen and oxygen atoms in total. The number of nitrogens with zero attached hydrogens (tertiary/aromatic N) is 3. The number of hydrogen-bond donors (Lipinski definition) is 1. The minimum atomic E-state index is 0.369. The zero-order valence-corrected chi connectivity index (χ0v) is 19.7. The molecule has 0 amide bonds. The van der Waals surface area contributed by atoms with Crippen molar-refractivity contribution in [3.63, 3.8) is 0 Å². The molecule has 5 rings (SSSR count). The summed E-state index contributed by atoms with van der Waals surface area (Å²) >= 11 is 12.8. The average Bonchev–Trinajstić information content (AvgIpc) is 2.86. The number of benzene rings is 3. The van der Waals surface area contributed by atoms with Gasteiger partial charge in [0.1, 0.15) is 12.1 Å². The van der Waals surface area contributed by atoms with Gasteiger partial charge in [-0.2, -0.15) is 5.10 Å². The minimum Gasteiger partial charge on any atom is -0.493 e. The van der Waals surface area contributed by atoms with Crippen LogP contribution in [0.15, 0.2) is 76.5 Å². The lowest BCUT2D eigenvalue weighted by Crippen LogP contribution is -2.08. The first-order chi connectivity index (χ1) is 16.6. The minimum absolute atomic E-state index is 0.369. The highest BCUT2D eigenvalue weighted by molar-refractivity contribution is 6.38. The molecule has 0 aliphatic heterocycles. The highest BCUT2D eigenvalue weighted by Gasteiger charge is 2.13. The number of ether oxygens (including phenoxy) is 2. The predicted molar refractivity (Wildman–Crippen MR) is 133 cm³/mol. The Kier molecular flexibility index (Phi) is 5.96. The van der Waals surface area contributed by atoms with Gasteiger partial charge in [-0.05, 0) is 42.5 Å². The van der Waals surface area contributed by atoms with Crippen molar-refractivity contribution in [1.29, 1.82) is 0 Å². The number of halogens is 2. The van der Waals surface area contributed by atoms with E-state index in [2.05, 4.69) is 20.5 Å². The summed E-state index contributed by atoms with van der Waals surface area (Å²) in [6, 6.07) is 18.3. The number of anilines is 1. The van der Waals surface area contributed by atoms with Gasteiger partial charge < -0.3 is 13.9 Å².